The Labute approximate surface area is 140 Å². The second-order valence-electron chi connectivity index (χ2n) is 5.90. The number of benzene rings is 1. The van der Waals surface area contributed by atoms with Gasteiger partial charge in [-0.05, 0) is 12.6 Å². The van der Waals surface area contributed by atoms with Gasteiger partial charge in [0.05, 0.1) is 18.7 Å². The average molecular weight is 328 g/mol. The predicted octanol–water partition coefficient (Wildman–Crippen LogP) is 2.84. The van der Waals surface area contributed by atoms with Crippen molar-refractivity contribution in [3.8, 4) is 17.3 Å². The van der Waals surface area contributed by atoms with Crippen LogP contribution in [0.4, 0.5) is 14.5 Å². The number of aromatic nitrogens is 1. The van der Waals surface area contributed by atoms with Crippen LogP contribution in [-0.2, 0) is 6.42 Å². The highest BCUT2D eigenvalue weighted by molar-refractivity contribution is 5.69. The molecule has 3 rings (SSSR count). The minimum Gasteiger partial charge on any atom is -0.364 e. The Bertz CT molecular complexity index is 777. The molecule has 0 spiro atoms. The number of pyridine rings is 1. The molecule has 1 aromatic carbocycles. The first kappa shape index (κ1) is 16.3. The molecule has 24 heavy (non-hydrogen) atoms. The Morgan fingerprint density at radius 3 is 2.58 bits per heavy atom. The van der Waals surface area contributed by atoms with E-state index in [-0.39, 0.29) is 17.8 Å². The zero-order valence-electron chi connectivity index (χ0n) is 13.5. The molecule has 2 heterocycles. The molecule has 1 aromatic heterocycles. The Hall–Kier alpha value is -2.52. The molecule has 1 fully saturated rings. The molecule has 4 nitrogen and oxygen atoms in total. The van der Waals surface area contributed by atoms with Gasteiger partial charge < -0.3 is 9.80 Å². The van der Waals surface area contributed by atoms with Gasteiger partial charge in [-0.2, -0.15) is 5.26 Å². The van der Waals surface area contributed by atoms with Crippen molar-refractivity contribution in [2.75, 3.05) is 38.1 Å². The average Bonchev–Trinajstić information content (AvgIpc) is 2.58. The van der Waals surface area contributed by atoms with Crippen LogP contribution in [0, 0.1) is 23.0 Å². The van der Waals surface area contributed by atoms with Crippen molar-refractivity contribution >= 4 is 5.69 Å². The molecule has 2 aromatic rings. The SMILES string of the molecule is CN1CCN(c2c(F)cnc(-c3ccccc3CC#N)c2F)CC1. The van der Waals surface area contributed by atoms with Crippen molar-refractivity contribution in [2.45, 2.75) is 6.42 Å². The molecule has 1 saturated heterocycles. The van der Waals surface area contributed by atoms with Crippen LogP contribution in [0.25, 0.3) is 11.3 Å². The summed E-state index contributed by atoms with van der Waals surface area (Å²) in [5.74, 6) is -1.32. The summed E-state index contributed by atoms with van der Waals surface area (Å²) in [5, 5.41) is 8.95. The summed E-state index contributed by atoms with van der Waals surface area (Å²) in [5.41, 5.74) is 1.28. The fraction of sp³-hybridized carbons (Fsp3) is 0.333. The van der Waals surface area contributed by atoms with Crippen LogP contribution < -0.4 is 4.90 Å². The summed E-state index contributed by atoms with van der Waals surface area (Å²) in [6, 6.07) is 9.09. The van der Waals surface area contributed by atoms with Crippen LogP contribution in [0.3, 0.4) is 0 Å². The number of anilines is 1. The quantitative estimate of drug-likeness (QED) is 0.869. The van der Waals surface area contributed by atoms with Gasteiger partial charge in [0, 0.05) is 31.7 Å². The number of hydrogen-bond donors (Lipinski definition) is 0. The first-order chi connectivity index (χ1) is 11.6. The number of likely N-dealkylation sites (N-methyl/N-ethyl adjacent to an activating group) is 1. The zero-order chi connectivity index (χ0) is 17.1. The molecular weight excluding hydrogens is 310 g/mol. The number of nitrogens with zero attached hydrogens (tertiary/aromatic N) is 4. The van der Waals surface area contributed by atoms with E-state index in [4.69, 9.17) is 5.26 Å². The second-order valence-corrected chi connectivity index (χ2v) is 5.90. The van der Waals surface area contributed by atoms with E-state index in [0.29, 0.717) is 24.2 Å². The molecule has 0 unspecified atom stereocenters. The molecular formula is C18H18F2N4. The summed E-state index contributed by atoms with van der Waals surface area (Å²) < 4.78 is 29.3. The summed E-state index contributed by atoms with van der Waals surface area (Å²) in [6.45, 7) is 2.63. The fourth-order valence-electron chi connectivity index (χ4n) is 2.95. The maximum absolute atomic E-state index is 15.1. The molecule has 0 saturated carbocycles. The highest BCUT2D eigenvalue weighted by Gasteiger charge is 2.25. The van der Waals surface area contributed by atoms with Crippen molar-refractivity contribution < 1.29 is 8.78 Å². The van der Waals surface area contributed by atoms with E-state index < -0.39 is 11.6 Å². The van der Waals surface area contributed by atoms with Crippen LogP contribution in [0.2, 0.25) is 0 Å². The number of hydrogen-bond acceptors (Lipinski definition) is 4. The van der Waals surface area contributed by atoms with Crippen LogP contribution in [0.15, 0.2) is 30.5 Å². The van der Waals surface area contributed by atoms with E-state index >= 15 is 4.39 Å². The molecule has 0 atom stereocenters. The predicted molar refractivity (Wildman–Crippen MR) is 88.6 cm³/mol. The van der Waals surface area contributed by atoms with Gasteiger partial charge in [-0.25, -0.2) is 13.8 Å². The first-order valence-corrected chi connectivity index (χ1v) is 7.84. The standard InChI is InChI=1S/C18H18F2N4/c1-23-8-10-24(11-9-23)18-15(19)12-22-17(16(18)20)14-5-3-2-4-13(14)6-7-21/h2-5,12H,6,8-11H2,1H3. The van der Waals surface area contributed by atoms with E-state index in [0.717, 1.165) is 19.3 Å². The Morgan fingerprint density at radius 1 is 1.17 bits per heavy atom. The van der Waals surface area contributed by atoms with Crippen LogP contribution in [0.5, 0.6) is 0 Å². The number of nitriles is 1. The fourth-order valence-corrected chi connectivity index (χ4v) is 2.95. The number of halogens is 2. The van der Waals surface area contributed by atoms with Crippen molar-refractivity contribution in [1.29, 1.82) is 5.26 Å². The lowest BCUT2D eigenvalue weighted by Gasteiger charge is -2.34. The van der Waals surface area contributed by atoms with Gasteiger partial charge in [-0.1, -0.05) is 24.3 Å². The van der Waals surface area contributed by atoms with Gasteiger partial charge in [-0.15, -0.1) is 0 Å². The van der Waals surface area contributed by atoms with Crippen molar-refractivity contribution in [2.24, 2.45) is 0 Å². The molecule has 0 bridgehead atoms. The van der Waals surface area contributed by atoms with Gasteiger partial charge in [0.1, 0.15) is 11.4 Å². The number of rotatable bonds is 3. The second kappa shape index (κ2) is 6.93. The zero-order valence-corrected chi connectivity index (χ0v) is 13.5. The summed E-state index contributed by atoms with van der Waals surface area (Å²) in [6.07, 6.45) is 1.22. The normalized spacial score (nSPS) is 15.3. The van der Waals surface area contributed by atoms with Crippen LogP contribution in [0.1, 0.15) is 5.56 Å². The van der Waals surface area contributed by atoms with E-state index in [1.165, 1.54) is 0 Å². The summed E-state index contributed by atoms with van der Waals surface area (Å²) in [4.78, 5) is 7.81. The third-order valence-corrected chi connectivity index (χ3v) is 4.31. The van der Waals surface area contributed by atoms with Crippen LogP contribution in [-0.4, -0.2) is 43.1 Å². The van der Waals surface area contributed by atoms with Crippen LogP contribution >= 0.6 is 0 Å². The molecule has 0 radical (unpaired) electrons. The maximum Gasteiger partial charge on any atom is 0.175 e. The molecule has 6 heteroatoms. The Morgan fingerprint density at radius 2 is 1.88 bits per heavy atom. The van der Waals surface area contributed by atoms with E-state index in [2.05, 4.69) is 16.0 Å². The largest absolute Gasteiger partial charge is 0.364 e. The molecule has 1 aliphatic heterocycles. The lowest BCUT2D eigenvalue weighted by atomic mass is 10.0. The maximum atomic E-state index is 15.1. The minimum atomic E-state index is -0.662. The highest BCUT2D eigenvalue weighted by Crippen LogP contribution is 2.32. The monoisotopic (exact) mass is 328 g/mol. The first-order valence-electron chi connectivity index (χ1n) is 7.84. The summed E-state index contributed by atoms with van der Waals surface area (Å²) >= 11 is 0. The molecule has 0 amide bonds. The van der Waals surface area contributed by atoms with Crippen molar-refractivity contribution in [1.82, 2.24) is 9.88 Å². The lowest BCUT2D eigenvalue weighted by molar-refractivity contribution is 0.310. The highest BCUT2D eigenvalue weighted by atomic mass is 19.1. The minimum absolute atomic E-state index is 0.0279. The third-order valence-electron chi connectivity index (χ3n) is 4.31. The lowest BCUT2D eigenvalue weighted by Crippen LogP contribution is -2.45. The van der Waals surface area contributed by atoms with E-state index in [1.807, 2.05) is 7.05 Å². The smallest absolute Gasteiger partial charge is 0.175 e. The molecule has 0 aliphatic carbocycles. The topological polar surface area (TPSA) is 43.2 Å². The Balaban J connectivity index is 2.06. The third kappa shape index (κ3) is 3.08. The molecule has 124 valence electrons. The van der Waals surface area contributed by atoms with Gasteiger partial charge in [0.25, 0.3) is 0 Å². The van der Waals surface area contributed by atoms with Gasteiger partial charge >= 0.3 is 0 Å². The number of piperazine rings is 1. The Kier molecular flexibility index (Phi) is 4.72. The molecule has 0 N–H and O–H groups in total. The van der Waals surface area contributed by atoms with Gasteiger partial charge in [0.15, 0.2) is 11.6 Å². The van der Waals surface area contributed by atoms with E-state index in [1.54, 1.807) is 29.2 Å². The summed E-state index contributed by atoms with van der Waals surface area (Å²) in [7, 11) is 1.99. The van der Waals surface area contributed by atoms with Crippen molar-refractivity contribution in [3.05, 3.63) is 47.7 Å². The van der Waals surface area contributed by atoms with Gasteiger partial charge in [0.2, 0.25) is 0 Å². The van der Waals surface area contributed by atoms with Gasteiger partial charge in [-0.3, -0.25) is 0 Å². The van der Waals surface area contributed by atoms with E-state index in [9.17, 15) is 4.39 Å². The van der Waals surface area contributed by atoms with Crippen molar-refractivity contribution in [3.63, 3.8) is 0 Å². The molecule has 1 aliphatic rings.